The predicted octanol–water partition coefficient (Wildman–Crippen LogP) is 3.71. The molecular weight excluding hydrogens is 222 g/mol. The minimum atomic E-state index is 0.688. The molecule has 0 fully saturated rings. The quantitative estimate of drug-likeness (QED) is 0.631. The maximum atomic E-state index is 10.8. The van der Waals surface area contributed by atoms with Crippen molar-refractivity contribution in [2.24, 2.45) is 0 Å². The number of carbonyl (C=O) groups excluding carboxylic acids is 1. The summed E-state index contributed by atoms with van der Waals surface area (Å²) in [6.07, 6.45) is 2.66. The van der Waals surface area contributed by atoms with Gasteiger partial charge in [-0.15, -0.1) is 0 Å². The van der Waals surface area contributed by atoms with E-state index in [2.05, 4.69) is 4.98 Å². The molecule has 0 N–H and O–H groups in total. The van der Waals surface area contributed by atoms with Crippen molar-refractivity contribution in [2.75, 3.05) is 0 Å². The third-order valence-corrected chi connectivity index (χ3v) is 2.98. The number of aromatic nitrogens is 1. The predicted molar refractivity (Wildman–Crippen MR) is 72.6 cm³/mol. The second kappa shape index (κ2) is 4.41. The van der Waals surface area contributed by atoms with Gasteiger partial charge in [-0.25, -0.2) is 0 Å². The summed E-state index contributed by atoms with van der Waals surface area (Å²) in [5, 5.41) is 1.10. The van der Waals surface area contributed by atoms with Gasteiger partial charge < -0.3 is 0 Å². The summed E-state index contributed by atoms with van der Waals surface area (Å²) in [6, 6.07) is 17.6. The molecule has 0 atom stereocenters. The van der Waals surface area contributed by atoms with Gasteiger partial charge in [-0.2, -0.15) is 0 Å². The number of aldehydes is 1. The fourth-order valence-electron chi connectivity index (χ4n) is 2.13. The molecule has 0 saturated carbocycles. The number of benzene rings is 2. The summed E-state index contributed by atoms with van der Waals surface area (Å²) in [4.78, 5) is 15.2. The first kappa shape index (κ1) is 10.7. The van der Waals surface area contributed by atoms with Crippen LogP contribution in [0.1, 0.15) is 10.4 Å². The van der Waals surface area contributed by atoms with Crippen LogP contribution < -0.4 is 0 Å². The molecule has 2 heteroatoms. The number of rotatable bonds is 2. The highest BCUT2D eigenvalue weighted by Crippen LogP contribution is 2.27. The van der Waals surface area contributed by atoms with Crippen LogP contribution in [0.2, 0.25) is 0 Å². The lowest BCUT2D eigenvalue weighted by Crippen LogP contribution is -1.86. The van der Waals surface area contributed by atoms with Gasteiger partial charge in [-0.1, -0.05) is 36.4 Å². The molecule has 0 unspecified atom stereocenters. The Labute approximate surface area is 105 Å². The van der Waals surface area contributed by atoms with Crippen LogP contribution in [-0.4, -0.2) is 11.3 Å². The van der Waals surface area contributed by atoms with Crippen molar-refractivity contribution < 1.29 is 4.79 Å². The molecule has 0 aliphatic heterocycles. The van der Waals surface area contributed by atoms with Crippen LogP contribution in [0.4, 0.5) is 0 Å². The maximum absolute atomic E-state index is 10.8. The van der Waals surface area contributed by atoms with E-state index in [1.54, 1.807) is 12.3 Å². The van der Waals surface area contributed by atoms with E-state index in [0.29, 0.717) is 5.56 Å². The molecule has 18 heavy (non-hydrogen) atoms. The van der Waals surface area contributed by atoms with Crippen LogP contribution in [0, 0.1) is 0 Å². The van der Waals surface area contributed by atoms with Gasteiger partial charge in [-0.05, 0) is 29.3 Å². The largest absolute Gasteiger partial charge is 0.298 e. The van der Waals surface area contributed by atoms with Crippen LogP contribution in [-0.2, 0) is 0 Å². The first-order valence-corrected chi connectivity index (χ1v) is 5.78. The highest BCUT2D eigenvalue weighted by atomic mass is 16.1. The van der Waals surface area contributed by atoms with Crippen molar-refractivity contribution in [1.82, 2.24) is 4.98 Å². The molecule has 0 spiro atoms. The minimum Gasteiger partial charge on any atom is -0.298 e. The smallest absolute Gasteiger partial charge is 0.150 e. The van der Waals surface area contributed by atoms with Gasteiger partial charge in [0.15, 0.2) is 0 Å². The lowest BCUT2D eigenvalue weighted by atomic mass is 10.00. The van der Waals surface area contributed by atoms with E-state index in [1.165, 1.54) is 0 Å². The summed E-state index contributed by atoms with van der Waals surface area (Å²) in [5.41, 5.74) is 3.79. The number of hydrogen-bond acceptors (Lipinski definition) is 2. The maximum Gasteiger partial charge on any atom is 0.150 e. The Hall–Kier alpha value is -2.48. The molecule has 0 aliphatic carbocycles. The number of hydrogen-bond donors (Lipinski definition) is 0. The summed E-state index contributed by atoms with van der Waals surface area (Å²) < 4.78 is 0. The molecule has 0 amide bonds. The van der Waals surface area contributed by atoms with Crippen LogP contribution in [0.25, 0.3) is 22.0 Å². The van der Waals surface area contributed by atoms with E-state index in [9.17, 15) is 4.79 Å². The van der Waals surface area contributed by atoms with Crippen molar-refractivity contribution >= 4 is 17.2 Å². The van der Waals surface area contributed by atoms with Crippen LogP contribution in [0.5, 0.6) is 0 Å². The molecule has 2 aromatic carbocycles. The Morgan fingerprint density at radius 2 is 1.83 bits per heavy atom. The number of para-hydroxylation sites is 1. The summed E-state index contributed by atoms with van der Waals surface area (Å²) in [6.45, 7) is 0. The van der Waals surface area contributed by atoms with E-state index in [0.717, 1.165) is 28.3 Å². The fraction of sp³-hybridized carbons (Fsp3) is 0. The number of pyridine rings is 1. The number of fused-ring (bicyclic) bond motifs is 1. The fourth-order valence-corrected chi connectivity index (χ4v) is 2.13. The van der Waals surface area contributed by atoms with Crippen molar-refractivity contribution in [3.63, 3.8) is 0 Å². The van der Waals surface area contributed by atoms with Crippen molar-refractivity contribution in [3.05, 3.63) is 66.4 Å². The van der Waals surface area contributed by atoms with Gasteiger partial charge in [0.2, 0.25) is 0 Å². The molecule has 2 nitrogen and oxygen atoms in total. The molecule has 86 valence electrons. The second-order valence-electron chi connectivity index (χ2n) is 4.12. The zero-order valence-corrected chi connectivity index (χ0v) is 9.71. The summed E-state index contributed by atoms with van der Waals surface area (Å²) in [5.74, 6) is 0. The van der Waals surface area contributed by atoms with E-state index in [4.69, 9.17) is 0 Å². The van der Waals surface area contributed by atoms with Crippen LogP contribution in [0.15, 0.2) is 60.8 Å². The van der Waals surface area contributed by atoms with Gasteiger partial charge in [0.1, 0.15) is 6.29 Å². The zero-order chi connectivity index (χ0) is 12.4. The van der Waals surface area contributed by atoms with Gasteiger partial charge in [0.25, 0.3) is 0 Å². The molecule has 3 rings (SSSR count). The average molecular weight is 233 g/mol. The average Bonchev–Trinajstić information content (AvgIpc) is 2.47. The molecule has 0 saturated heterocycles. The highest BCUT2D eigenvalue weighted by molar-refractivity contribution is 5.95. The lowest BCUT2D eigenvalue weighted by Gasteiger charge is -2.06. The van der Waals surface area contributed by atoms with Gasteiger partial charge in [0, 0.05) is 17.1 Å². The van der Waals surface area contributed by atoms with Gasteiger partial charge in [-0.3, -0.25) is 9.78 Å². The van der Waals surface area contributed by atoms with E-state index in [-0.39, 0.29) is 0 Å². The Morgan fingerprint density at radius 3 is 2.72 bits per heavy atom. The molecule has 3 aromatic rings. The third-order valence-electron chi connectivity index (χ3n) is 2.98. The molecular formula is C16H11NO. The first-order valence-electron chi connectivity index (χ1n) is 5.78. The summed E-state index contributed by atoms with van der Waals surface area (Å²) >= 11 is 0. The van der Waals surface area contributed by atoms with Gasteiger partial charge in [0.05, 0.1) is 5.52 Å². The highest BCUT2D eigenvalue weighted by Gasteiger charge is 2.04. The molecule has 0 aliphatic rings. The minimum absolute atomic E-state index is 0.688. The van der Waals surface area contributed by atoms with Crippen LogP contribution >= 0.6 is 0 Å². The Kier molecular flexibility index (Phi) is 2.61. The molecule has 1 heterocycles. The monoisotopic (exact) mass is 233 g/mol. The van der Waals surface area contributed by atoms with Crippen molar-refractivity contribution in [2.45, 2.75) is 0 Å². The molecule has 0 radical (unpaired) electrons. The Morgan fingerprint density at radius 1 is 0.944 bits per heavy atom. The molecule has 0 bridgehead atoms. The van der Waals surface area contributed by atoms with E-state index in [1.807, 2.05) is 48.5 Å². The normalized spacial score (nSPS) is 10.4. The Bertz CT molecular complexity index is 714. The topological polar surface area (TPSA) is 30.0 Å². The molecule has 1 aromatic heterocycles. The second-order valence-corrected chi connectivity index (χ2v) is 4.12. The number of nitrogens with zero attached hydrogens (tertiary/aromatic N) is 1. The standard InChI is InChI=1S/C16H11NO/c18-11-12-4-3-5-13(10-12)14-8-9-17-16-7-2-1-6-15(14)16/h1-11H. The first-order chi connectivity index (χ1) is 8.88. The lowest BCUT2D eigenvalue weighted by molar-refractivity contribution is 0.112. The number of carbonyl (C=O) groups is 1. The zero-order valence-electron chi connectivity index (χ0n) is 9.71. The van der Waals surface area contributed by atoms with Gasteiger partial charge >= 0.3 is 0 Å². The van der Waals surface area contributed by atoms with Crippen molar-refractivity contribution in [3.8, 4) is 11.1 Å². The third kappa shape index (κ3) is 1.78. The van der Waals surface area contributed by atoms with Crippen molar-refractivity contribution in [1.29, 1.82) is 0 Å². The van der Waals surface area contributed by atoms with Crippen LogP contribution in [0.3, 0.4) is 0 Å². The Balaban J connectivity index is 2.27. The van der Waals surface area contributed by atoms with E-state index >= 15 is 0 Å². The summed E-state index contributed by atoms with van der Waals surface area (Å²) in [7, 11) is 0. The SMILES string of the molecule is O=Cc1cccc(-c2ccnc3ccccc23)c1. The van der Waals surface area contributed by atoms with E-state index < -0.39 is 0 Å².